The topological polar surface area (TPSA) is 64.8 Å². The standard InChI is InChI=1S/C7H14O.C6H14N2.H2O/c1-6-3-4-7(2)8-5-6;1-5-3-7-6(2)8-4-5;/h6-7H,3-5H2,1-2H3;5-8H,3-4H2,1-2H3;1H2. The van der Waals surface area contributed by atoms with Crippen molar-refractivity contribution in [3.05, 3.63) is 0 Å². The first-order valence-corrected chi connectivity index (χ1v) is 6.66. The van der Waals surface area contributed by atoms with Crippen LogP contribution in [-0.2, 0) is 4.74 Å². The zero-order valence-corrected chi connectivity index (χ0v) is 11.8. The normalized spacial score (nSPS) is 37.4. The first-order chi connectivity index (χ1) is 7.58. The van der Waals surface area contributed by atoms with E-state index < -0.39 is 0 Å². The van der Waals surface area contributed by atoms with Gasteiger partial charge in [0.2, 0.25) is 0 Å². The third-order valence-electron chi connectivity index (χ3n) is 3.28. The van der Waals surface area contributed by atoms with Crippen LogP contribution < -0.4 is 10.6 Å². The highest BCUT2D eigenvalue weighted by Crippen LogP contribution is 2.16. The molecule has 0 amide bonds. The lowest BCUT2D eigenvalue weighted by Crippen LogP contribution is -2.50. The monoisotopic (exact) mass is 246 g/mol. The van der Waals surface area contributed by atoms with Gasteiger partial charge in [0.1, 0.15) is 0 Å². The minimum atomic E-state index is 0. The maximum Gasteiger partial charge on any atom is 0.0547 e. The molecule has 2 atom stereocenters. The number of rotatable bonds is 0. The summed E-state index contributed by atoms with van der Waals surface area (Å²) >= 11 is 0. The van der Waals surface area contributed by atoms with Gasteiger partial charge in [0.05, 0.1) is 12.3 Å². The van der Waals surface area contributed by atoms with E-state index >= 15 is 0 Å². The molecule has 2 fully saturated rings. The fourth-order valence-corrected chi connectivity index (χ4v) is 1.91. The molecule has 2 unspecified atom stereocenters. The minimum Gasteiger partial charge on any atom is -0.412 e. The summed E-state index contributed by atoms with van der Waals surface area (Å²) in [6, 6.07) is 0. The van der Waals surface area contributed by atoms with Crippen molar-refractivity contribution in [2.75, 3.05) is 19.7 Å². The quantitative estimate of drug-likeness (QED) is 0.674. The van der Waals surface area contributed by atoms with Crippen LogP contribution in [0, 0.1) is 11.8 Å². The van der Waals surface area contributed by atoms with Gasteiger partial charge in [-0.2, -0.15) is 0 Å². The molecule has 2 rings (SSSR count). The van der Waals surface area contributed by atoms with Crippen molar-refractivity contribution < 1.29 is 10.2 Å². The first kappa shape index (κ1) is 16.8. The summed E-state index contributed by atoms with van der Waals surface area (Å²) < 4.78 is 5.39. The molecule has 2 heterocycles. The molecule has 4 heteroatoms. The van der Waals surface area contributed by atoms with Gasteiger partial charge in [0, 0.05) is 19.7 Å². The molecule has 4 N–H and O–H groups in total. The molecule has 17 heavy (non-hydrogen) atoms. The van der Waals surface area contributed by atoms with Crippen molar-refractivity contribution in [3.8, 4) is 0 Å². The Bertz CT molecular complexity index is 134. The first-order valence-electron chi connectivity index (χ1n) is 6.66. The molecule has 2 aliphatic heterocycles. The zero-order valence-electron chi connectivity index (χ0n) is 11.8. The van der Waals surface area contributed by atoms with E-state index in [1.165, 1.54) is 12.8 Å². The fraction of sp³-hybridized carbons (Fsp3) is 1.00. The summed E-state index contributed by atoms with van der Waals surface area (Å²) in [5.41, 5.74) is 0. The van der Waals surface area contributed by atoms with Crippen molar-refractivity contribution in [1.29, 1.82) is 0 Å². The van der Waals surface area contributed by atoms with E-state index in [0.29, 0.717) is 12.3 Å². The van der Waals surface area contributed by atoms with Gasteiger partial charge in [-0.15, -0.1) is 0 Å². The van der Waals surface area contributed by atoms with Gasteiger partial charge < -0.3 is 20.8 Å². The Morgan fingerprint density at radius 2 is 1.47 bits per heavy atom. The Morgan fingerprint density at radius 1 is 0.882 bits per heavy atom. The van der Waals surface area contributed by atoms with Crippen LogP contribution in [-0.4, -0.2) is 37.4 Å². The summed E-state index contributed by atoms with van der Waals surface area (Å²) in [6.45, 7) is 12.1. The number of hydrogen-bond acceptors (Lipinski definition) is 3. The molecule has 0 spiro atoms. The number of ether oxygens (including phenoxy) is 1. The second-order valence-electron chi connectivity index (χ2n) is 5.47. The lowest BCUT2D eigenvalue weighted by Gasteiger charge is -2.26. The lowest BCUT2D eigenvalue weighted by molar-refractivity contribution is 0.000267. The highest BCUT2D eigenvalue weighted by Gasteiger charge is 2.13. The van der Waals surface area contributed by atoms with Gasteiger partial charge in [0.25, 0.3) is 0 Å². The summed E-state index contributed by atoms with van der Waals surface area (Å²) in [4.78, 5) is 0. The molecule has 0 aromatic heterocycles. The van der Waals surface area contributed by atoms with Gasteiger partial charge in [0.15, 0.2) is 0 Å². The van der Waals surface area contributed by atoms with Gasteiger partial charge in [-0.1, -0.05) is 13.8 Å². The van der Waals surface area contributed by atoms with Crippen LogP contribution in [0.25, 0.3) is 0 Å². The molecular formula is C13H30N2O2. The second-order valence-corrected chi connectivity index (χ2v) is 5.47. The average Bonchev–Trinajstić information content (AvgIpc) is 2.28. The Hall–Kier alpha value is -0.160. The second kappa shape index (κ2) is 8.86. The Morgan fingerprint density at radius 3 is 1.82 bits per heavy atom. The van der Waals surface area contributed by atoms with E-state index in [4.69, 9.17) is 4.74 Å². The minimum absolute atomic E-state index is 0. The zero-order chi connectivity index (χ0) is 12.0. The van der Waals surface area contributed by atoms with Gasteiger partial charge in [-0.05, 0) is 38.5 Å². The molecule has 4 nitrogen and oxygen atoms in total. The highest BCUT2D eigenvalue weighted by molar-refractivity contribution is 4.70. The van der Waals surface area contributed by atoms with E-state index in [-0.39, 0.29) is 5.48 Å². The third kappa shape index (κ3) is 7.71. The molecular weight excluding hydrogens is 216 g/mol. The largest absolute Gasteiger partial charge is 0.412 e. The molecule has 0 bridgehead atoms. The molecule has 0 radical (unpaired) electrons. The van der Waals surface area contributed by atoms with Crippen LogP contribution in [0.4, 0.5) is 0 Å². The Labute approximate surface area is 106 Å². The van der Waals surface area contributed by atoms with Gasteiger partial charge >= 0.3 is 0 Å². The van der Waals surface area contributed by atoms with Gasteiger partial charge in [-0.3, -0.25) is 0 Å². The predicted molar refractivity (Wildman–Crippen MR) is 72.1 cm³/mol. The summed E-state index contributed by atoms with van der Waals surface area (Å²) in [5.74, 6) is 1.59. The maximum atomic E-state index is 5.39. The van der Waals surface area contributed by atoms with Crippen LogP contribution in [0.5, 0.6) is 0 Å². The predicted octanol–water partition coefficient (Wildman–Crippen LogP) is 1.16. The smallest absolute Gasteiger partial charge is 0.0547 e. The van der Waals surface area contributed by atoms with Crippen molar-refractivity contribution in [2.24, 2.45) is 11.8 Å². The van der Waals surface area contributed by atoms with Crippen molar-refractivity contribution in [2.45, 2.75) is 52.8 Å². The van der Waals surface area contributed by atoms with Crippen LogP contribution in [0.2, 0.25) is 0 Å². The molecule has 2 aliphatic rings. The Balaban J connectivity index is 0.000000284. The van der Waals surface area contributed by atoms with Crippen LogP contribution in [0.15, 0.2) is 0 Å². The molecule has 0 saturated carbocycles. The number of nitrogens with one attached hydrogen (secondary N) is 2. The van der Waals surface area contributed by atoms with Crippen LogP contribution in [0.3, 0.4) is 0 Å². The maximum absolute atomic E-state index is 5.39. The molecule has 104 valence electrons. The summed E-state index contributed by atoms with van der Waals surface area (Å²) in [5, 5.41) is 6.64. The van der Waals surface area contributed by atoms with Crippen molar-refractivity contribution in [3.63, 3.8) is 0 Å². The van der Waals surface area contributed by atoms with Crippen molar-refractivity contribution >= 4 is 0 Å². The molecule has 0 aromatic carbocycles. The van der Waals surface area contributed by atoms with E-state index in [1.807, 2.05) is 0 Å². The highest BCUT2D eigenvalue weighted by atomic mass is 16.5. The Kier molecular flexibility index (Phi) is 8.78. The number of hydrogen-bond donors (Lipinski definition) is 2. The van der Waals surface area contributed by atoms with E-state index in [2.05, 4.69) is 38.3 Å². The summed E-state index contributed by atoms with van der Waals surface area (Å²) in [7, 11) is 0. The SMILES string of the molecule is CC1CCC(C)OC1.CC1CNC(C)NC1.O. The fourth-order valence-electron chi connectivity index (χ4n) is 1.91. The van der Waals surface area contributed by atoms with E-state index in [0.717, 1.165) is 31.5 Å². The third-order valence-corrected chi connectivity index (χ3v) is 3.28. The molecule has 0 aliphatic carbocycles. The van der Waals surface area contributed by atoms with Crippen LogP contribution in [0.1, 0.15) is 40.5 Å². The lowest BCUT2D eigenvalue weighted by atomic mass is 10.0. The average molecular weight is 246 g/mol. The van der Waals surface area contributed by atoms with E-state index in [1.54, 1.807) is 0 Å². The summed E-state index contributed by atoms with van der Waals surface area (Å²) in [6.07, 6.45) is 3.64. The van der Waals surface area contributed by atoms with E-state index in [9.17, 15) is 0 Å². The van der Waals surface area contributed by atoms with Crippen LogP contribution >= 0.6 is 0 Å². The van der Waals surface area contributed by atoms with Gasteiger partial charge in [-0.25, -0.2) is 0 Å². The van der Waals surface area contributed by atoms with Crippen molar-refractivity contribution in [1.82, 2.24) is 10.6 Å². The molecule has 0 aromatic rings. The molecule has 2 saturated heterocycles.